The molecule has 1 atom stereocenters. The standard InChI is InChI=1S/C27H34N6O2/c1-5-9-25(26-29-30-31-33(26)12-13-35-4)32(17-21-10-7-6-8-11-21)18-23-16-22-14-19(2)20(3)15-24(22)28-27(23)34/h6-8,10-11,14-16,25H,5,9,12-13,17-18H2,1-4H3,(H,28,34)/t25-/m1/s1. The van der Waals surface area contributed by atoms with Gasteiger partial charge in [0.05, 0.1) is 19.2 Å². The van der Waals surface area contributed by atoms with Gasteiger partial charge in [0.15, 0.2) is 5.82 Å². The number of methoxy groups -OCH3 is 1. The third-order valence-electron chi connectivity index (χ3n) is 6.51. The molecule has 2 aromatic carbocycles. The predicted octanol–water partition coefficient (Wildman–Crippen LogP) is 4.32. The molecule has 35 heavy (non-hydrogen) atoms. The summed E-state index contributed by atoms with van der Waals surface area (Å²) in [4.78, 5) is 18.6. The number of nitrogens with zero attached hydrogens (tertiary/aromatic N) is 5. The van der Waals surface area contributed by atoms with E-state index in [0.717, 1.165) is 40.7 Å². The average Bonchev–Trinajstić information content (AvgIpc) is 3.31. The number of hydrogen-bond acceptors (Lipinski definition) is 6. The number of pyridine rings is 1. The lowest BCUT2D eigenvalue weighted by Crippen LogP contribution is -2.33. The van der Waals surface area contributed by atoms with Crippen LogP contribution in [0.3, 0.4) is 0 Å². The van der Waals surface area contributed by atoms with Crippen molar-refractivity contribution in [3.05, 3.63) is 87.0 Å². The number of fused-ring (bicyclic) bond motifs is 1. The Hall–Kier alpha value is -3.36. The number of ether oxygens (including phenoxy) is 1. The van der Waals surface area contributed by atoms with Crippen LogP contribution in [0.25, 0.3) is 10.9 Å². The van der Waals surface area contributed by atoms with Crippen LogP contribution in [0.1, 0.15) is 53.9 Å². The van der Waals surface area contributed by atoms with Crippen molar-refractivity contribution < 1.29 is 4.74 Å². The van der Waals surface area contributed by atoms with E-state index in [1.807, 2.05) is 35.0 Å². The van der Waals surface area contributed by atoms with E-state index >= 15 is 0 Å². The number of tetrazole rings is 1. The molecular weight excluding hydrogens is 440 g/mol. The van der Waals surface area contributed by atoms with Crippen LogP contribution in [0.5, 0.6) is 0 Å². The summed E-state index contributed by atoms with van der Waals surface area (Å²) in [6, 6.07) is 16.5. The molecule has 0 aliphatic rings. The largest absolute Gasteiger partial charge is 0.383 e. The number of hydrogen-bond donors (Lipinski definition) is 1. The number of aryl methyl sites for hydroxylation is 2. The van der Waals surface area contributed by atoms with Crippen molar-refractivity contribution in [2.24, 2.45) is 0 Å². The molecule has 0 amide bonds. The van der Waals surface area contributed by atoms with Crippen LogP contribution in [0.15, 0.2) is 53.3 Å². The second kappa shape index (κ2) is 11.4. The zero-order chi connectivity index (χ0) is 24.8. The third kappa shape index (κ3) is 5.83. The maximum atomic E-state index is 13.1. The summed E-state index contributed by atoms with van der Waals surface area (Å²) in [7, 11) is 1.67. The highest BCUT2D eigenvalue weighted by Gasteiger charge is 2.26. The topological polar surface area (TPSA) is 88.9 Å². The highest BCUT2D eigenvalue weighted by molar-refractivity contribution is 5.80. The molecule has 0 radical (unpaired) electrons. The van der Waals surface area contributed by atoms with Gasteiger partial charge < -0.3 is 9.72 Å². The van der Waals surface area contributed by atoms with Crippen LogP contribution in [-0.4, -0.2) is 43.8 Å². The maximum Gasteiger partial charge on any atom is 0.252 e. The Kier molecular flexibility index (Phi) is 8.05. The summed E-state index contributed by atoms with van der Waals surface area (Å²) in [6.07, 6.45) is 1.82. The maximum absolute atomic E-state index is 13.1. The van der Waals surface area contributed by atoms with Crippen molar-refractivity contribution in [3.8, 4) is 0 Å². The molecule has 184 valence electrons. The van der Waals surface area contributed by atoms with E-state index in [9.17, 15) is 4.79 Å². The van der Waals surface area contributed by atoms with Gasteiger partial charge in [-0.05, 0) is 71.0 Å². The lowest BCUT2D eigenvalue weighted by Gasteiger charge is -2.31. The molecule has 1 N–H and O–H groups in total. The lowest BCUT2D eigenvalue weighted by molar-refractivity contribution is 0.147. The van der Waals surface area contributed by atoms with Gasteiger partial charge in [-0.25, -0.2) is 4.68 Å². The van der Waals surface area contributed by atoms with Gasteiger partial charge >= 0.3 is 0 Å². The van der Waals surface area contributed by atoms with Crippen LogP contribution >= 0.6 is 0 Å². The van der Waals surface area contributed by atoms with Crippen molar-refractivity contribution in [1.29, 1.82) is 0 Å². The van der Waals surface area contributed by atoms with Crippen LogP contribution in [0.2, 0.25) is 0 Å². The molecule has 0 fully saturated rings. The molecule has 2 aromatic heterocycles. The Morgan fingerprint density at radius 2 is 1.86 bits per heavy atom. The quantitative estimate of drug-likeness (QED) is 0.348. The third-order valence-corrected chi connectivity index (χ3v) is 6.51. The molecule has 0 bridgehead atoms. The Balaban J connectivity index is 1.75. The van der Waals surface area contributed by atoms with E-state index in [2.05, 4.69) is 64.4 Å². The summed E-state index contributed by atoms with van der Waals surface area (Å²) in [5.74, 6) is 0.795. The molecule has 4 aromatic rings. The van der Waals surface area contributed by atoms with Crippen molar-refractivity contribution in [1.82, 2.24) is 30.1 Å². The van der Waals surface area contributed by atoms with Crippen molar-refractivity contribution in [2.45, 2.75) is 59.3 Å². The van der Waals surface area contributed by atoms with Crippen molar-refractivity contribution >= 4 is 10.9 Å². The van der Waals surface area contributed by atoms with Gasteiger partial charge in [0.2, 0.25) is 0 Å². The first kappa shape index (κ1) is 24.8. The number of rotatable bonds is 11. The van der Waals surface area contributed by atoms with Crippen molar-refractivity contribution in [3.63, 3.8) is 0 Å². The molecular formula is C27H34N6O2. The first-order valence-electron chi connectivity index (χ1n) is 12.2. The molecule has 2 heterocycles. The number of benzene rings is 2. The van der Waals surface area contributed by atoms with Gasteiger partial charge in [-0.1, -0.05) is 43.7 Å². The zero-order valence-electron chi connectivity index (χ0n) is 21.0. The lowest BCUT2D eigenvalue weighted by atomic mass is 10.0. The monoisotopic (exact) mass is 474 g/mol. The molecule has 8 nitrogen and oxygen atoms in total. The fourth-order valence-electron chi connectivity index (χ4n) is 4.49. The summed E-state index contributed by atoms with van der Waals surface area (Å²) >= 11 is 0. The number of aromatic amines is 1. The van der Waals surface area contributed by atoms with Gasteiger partial charge in [-0.15, -0.1) is 5.10 Å². The fourth-order valence-corrected chi connectivity index (χ4v) is 4.49. The van der Waals surface area contributed by atoms with E-state index in [4.69, 9.17) is 4.74 Å². The first-order chi connectivity index (χ1) is 17.0. The van der Waals surface area contributed by atoms with Gasteiger partial charge in [-0.3, -0.25) is 9.69 Å². The average molecular weight is 475 g/mol. The van der Waals surface area contributed by atoms with E-state index < -0.39 is 0 Å². The Morgan fingerprint density at radius 3 is 2.60 bits per heavy atom. The Morgan fingerprint density at radius 1 is 1.09 bits per heavy atom. The molecule has 0 aliphatic heterocycles. The molecule has 0 aliphatic carbocycles. The van der Waals surface area contributed by atoms with Gasteiger partial charge in [0.25, 0.3) is 5.56 Å². The molecule has 0 spiro atoms. The summed E-state index contributed by atoms with van der Waals surface area (Å²) in [6.45, 7) is 8.57. The Bertz CT molecular complexity index is 1310. The normalized spacial score (nSPS) is 12.5. The number of nitrogens with one attached hydrogen (secondary N) is 1. The Labute approximate surface area is 205 Å². The molecule has 0 saturated carbocycles. The minimum absolute atomic E-state index is 0.0538. The second-order valence-electron chi connectivity index (χ2n) is 9.10. The summed E-state index contributed by atoms with van der Waals surface area (Å²) in [5, 5.41) is 13.6. The SMILES string of the molecule is CCC[C@H](c1nnnn1CCOC)N(Cc1ccccc1)Cc1cc2cc(C)c(C)cc2[nH]c1=O. The second-order valence-corrected chi connectivity index (χ2v) is 9.10. The molecule has 0 unspecified atom stereocenters. The van der Waals surface area contributed by atoms with Crippen LogP contribution < -0.4 is 5.56 Å². The number of H-pyrrole nitrogens is 1. The fraction of sp³-hybridized carbons (Fsp3) is 0.407. The summed E-state index contributed by atoms with van der Waals surface area (Å²) < 4.78 is 7.08. The van der Waals surface area contributed by atoms with Gasteiger partial charge in [0, 0.05) is 31.3 Å². The van der Waals surface area contributed by atoms with Crippen LogP contribution in [-0.2, 0) is 24.4 Å². The van der Waals surface area contributed by atoms with E-state index in [0.29, 0.717) is 26.2 Å². The molecule has 4 rings (SSSR count). The zero-order valence-corrected chi connectivity index (χ0v) is 21.0. The molecule has 8 heteroatoms. The van der Waals surface area contributed by atoms with Crippen LogP contribution in [0.4, 0.5) is 0 Å². The van der Waals surface area contributed by atoms with E-state index in [1.165, 1.54) is 11.1 Å². The highest BCUT2D eigenvalue weighted by atomic mass is 16.5. The minimum Gasteiger partial charge on any atom is -0.383 e. The first-order valence-corrected chi connectivity index (χ1v) is 12.2. The van der Waals surface area contributed by atoms with Gasteiger partial charge in [0.1, 0.15) is 0 Å². The molecule has 0 saturated heterocycles. The smallest absolute Gasteiger partial charge is 0.252 e. The number of aromatic nitrogens is 5. The van der Waals surface area contributed by atoms with Crippen LogP contribution in [0, 0.1) is 13.8 Å². The van der Waals surface area contributed by atoms with E-state index in [1.54, 1.807) is 7.11 Å². The predicted molar refractivity (Wildman–Crippen MR) is 137 cm³/mol. The van der Waals surface area contributed by atoms with E-state index in [-0.39, 0.29) is 11.6 Å². The highest BCUT2D eigenvalue weighted by Crippen LogP contribution is 2.28. The van der Waals surface area contributed by atoms with Crippen molar-refractivity contribution in [2.75, 3.05) is 13.7 Å². The van der Waals surface area contributed by atoms with Gasteiger partial charge in [-0.2, -0.15) is 0 Å². The minimum atomic E-state index is -0.0620. The summed E-state index contributed by atoms with van der Waals surface area (Å²) in [5.41, 5.74) is 5.08.